The normalized spacial score (nSPS) is 18.0. The van der Waals surface area contributed by atoms with Gasteiger partial charge in [-0.05, 0) is 61.7 Å². The van der Waals surface area contributed by atoms with E-state index in [1.54, 1.807) is 42.4 Å². The number of anilines is 3. The van der Waals surface area contributed by atoms with Crippen LogP contribution in [0.1, 0.15) is 37.9 Å². The minimum absolute atomic E-state index is 0.0342. The molecule has 4 aromatic rings. The number of carbonyl (C=O) groups is 2. The van der Waals surface area contributed by atoms with Gasteiger partial charge in [0.05, 0.1) is 39.4 Å². The Bertz CT molecular complexity index is 1990. The van der Waals surface area contributed by atoms with E-state index in [2.05, 4.69) is 11.6 Å². The van der Waals surface area contributed by atoms with Crippen molar-refractivity contribution in [1.82, 2.24) is 19.4 Å². The predicted octanol–water partition coefficient (Wildman–Crippen LogP) is 5.34. The number of carbonyl (C=O) groups excluding carboxylic acids is 2. The number of aryl methyl sites for hydroxylation is 1. The number of amides is 2. The Hall–Kier alpha value is -4.41. The van der Waals surface area contributed by atoms with Gasteiger partial charge in [0.25, 0.3) is 11.5 Å². The lowest BCUT2D eigenvalue weighted by Gasteiger charge is -2.49. The third kappa shape index (κ3) is 4.74. The molecule has 1 saturated heterocycles. The van der Waals surface area contributed by atoms with Crippen molar-refractivity contribution in [2.75, 3.05) is 35.7 Å². The Morgan fingerprint density at radius 2 is 1.82 bits per heavy atom. The highest BCUT2D eigenvalue weighted by atomic mass is 35.5. The summed E-state index contributed by atoms with van der Waals surface area (Å²) in [5.74, 6) is -0.591. The summed E-state index contributed by atoms with van der Waals surface area (Å²) in [7, 11) is 1.59. The summed E-state index contributed by atoms with van der Waals surface area (Å²) in [5, 5.41) is 1.25. The van der Waals surface area contributed by atoms with Crippen LogP contribution in [0.15, 0.2) is 54.0 Å². The van der Waals surface area contributed by atoms with E-state index in [4.69, 9.17) is 33.9 Å². The van der Waals surface area contributed by atoms with Crippen molar-refractivity contribution in [2.45, 2.75) is 45.7 Å². The first-order valence-corrected chi connectivity index (χ1v) is 15.4. The molecule has 2 unspecified atom stereocenters. The maximum atomic E-state index is 14.9. The summed E-state index contributed by atoms with van der Waals surface area (Å²) >= 11 is 13.6. The van der Waals surface area contributed by atoms with Crippen LogP contribution >= 0.6 is 23.2 Å². The third-order valence-corrected chi connectivity index (χ3v) is 9.28. The summed E-state index contributed by atoms with van der Waals surface area (Å²) < 4.78 is 1.54. The van der Waals surface area contributed by atoms with Gasteiger partial charge in [0.15, 0.2) is 0 Å². The van der Waals surface area contributed by atoms with Crippen molar-refractivity contribution in [2.24, 2.45) is 0 Å². The van der Waals surface area contributed by atoms with Gasteiger partial charge >= 0.3 is 0 Å². The number of nitrogen functional groups attached to an aromatic ring is 1. The zero-order valence-corrected chi connectivity index (χ0v) is 27.1. The van der Waals surface area contributed by atoms with Crippen molar-refractivity contribution in [3.05, 3.63) is 80.8 Å². The molecular formula is C33H33Cl2N7O3. The number of likely N-dealkylation sites (N-methyl/N-ethyl adjacent to an activating group) is 1. The Labute approximate surface area is 270 Å². The summed E-state index contributed by atoms with van der Waals surface area (Å²) in [5.41, 5.74) is 10.2. The fourth-order valence-electron chi connectivity index (χ4n) is 6.45. The maximum absolute atomic E-state index is 14.9. The molecule has 2 atom stereocenters. The molecule has 5 heterocycles. The number of hydrogen-bond acceptors (Lipinski definition) is 7. The van der Waals surface area contributed by atoms with Crippen LogP contribution in [0.3, 0.4) is 0 Å². The van der Waals surface area contributed by atoms with Gasteiger partial charge in [-0.2, -0.15) is 0 Å². The van der Waals surface area contributed by atoms with Crippen LogP contribution in [0.25, 0.3) is 28.0 Å². The van der Waals surface area contributed by atoms with Gasteiger partial charge in [-0.1, -0.05) is 43.6 Å². The zero-order valence-electron chi connectivity index (χ0n) is 25.6. The molecule has 2 amide bonds. The molecule has 232 valence electrons. The van der Waals surface area contributed by atoms with Crippen molar-refractivity contribution in [3.63, 3.8) is 0 Å². The van der Waals surface area contributed by atoms with E-state index in [0.717, 1.165) is 5.56 Å². The topological polar surface area (TPSA) is 118 Å². The maximum Gasteiger partial charge on any atom is 0.283 e. The Morgan fingerprint density at radius 3 is 2.51 bits per heavy atom. The number of pyridine rings is 3. The highest BCUT2D eigenvalue weighted by Crippen LogP contribution is 2.44. The molecule has 1 aromatic carbocycles. The van der Waals surface area contributed by atoms with Crippen molar-refractivity contribution >= 4 is 63.1 Å². The fraction of sp³-hybridized carbons (Fsp3) is 0.303. The number of fused-ring (bicyclic) bond motifs is 5. The van der Waals surface area contributed by atoms with E-state index in [9.17, 15) is 14.4 Å². The van der Waals surface area contributed by atoms with Gasteiger partial charge in [0, 0.05) is 42.5 Å². The van der Waals surface area contributed by atoms with Crippen LogP contribution in [-0.4, -0.2) is 63.5 Å². The molecule has 6 rings (SSSR count). The Balaban J connectivity index is 1.75. The highest BCUT2D eigenvalue weighted by molar-refractivity contribution is 6.37. The molecule has 3 aromatic heterocycles. The van der Waals surface area contributed by atoms with Gasteiger partial charge in [-0.3, -0.25) is 23.9 Å². The lowest BCUT2D eigenvalue weighted by molar-refractivity contribution is -0.130. The zero-order chi connectivity index (χ0) is 32.5. The number of nitrogens with zero attached hydrogens (tertiary/aromatic N) is 6. The van der Waals surface area contributed by atoms with E-state index in [0.29, 0.717) is 61.6 Å². The molecule has 12 heteroatoms. The van der Waals surface area contributed by atoms with Crippen molar-refractivity contribution in [3.8, 4) is 16.9 Å². The molecule has 0 spiro atoms. The monoisotopic (exact) mass is 645 g/mol. The summed E-state index contributed by atoms with van der Waals surface area (Å²) in [6.07, 6.45) is 2.97. The fourth-order valence-corrected chi connectivity index (χ4v) is 6.91. The second-order valence-corrected chi connectivity index (χ2v) is 12.7. The minimum Gasteiger partial charge on any atom is -0.399 e. The second-order valence-electron chi connectivity index (χ2n) is 11.9. The van der Waals surface area contributed by atoms with Crippen LogP contribution in [0, 0.1) is 6.92 Å². The highest BCUT2D eigenvalue weighted by Gasteiger charge is 2.46. The van der Waals surface area contributed by atoms with Crippen molar-refractivity contribution < 1.29 is 9.59 Å². The molecule has 0 aliphatic carbocycles. The van der Waals surface area contributed by atoms with Crippen LogP contribution in [0.5, 0.6) is 0 Å². The molecule has 2 aliphatic rings. The van der Waals surface area contributed by atoms with E-state index < -0.39 is 11.6 Å². The first-order valence-electron chi connectivity index (χ1n) is 14.6. The summed E-state index contributed by atoms with van der Waals surface area (Å²) in [6, 6.07) is 7.66. The predicted molar refractivity (Wildman–Crippen MR) is 180 cm³/mol. The van der Waals surface area contributed by atoms with E-state index in [1.807, 2.05) is 38.7 Å². The largest absolute Gasteiger partial charge is 0.399 e. The molecule has 0 saturated carbocycles. The molecule has 1 fully saturated rings. The number of benzene rings is 1. The van der Waals surface area contributed by atoms with Gasteiger partial charge < -0.3 is 20.4 Å². The van der Waals surface area contributed by atoms with Crippen LogP contribution in [0.2, 0.25) is 10.0 Å². The third-order valence-electron chi connectivity index (χ3n) is 8.66. The SMILES string of the molecule is C=CC(=O)N1CC2C(=O)N(C)c3c(c4cc(Cl)c(-c5cc(N)ccc5Cl)nc4n(-c4c(C)ccnc4C(C)C)c3=O)N2CC1C. The molecular weight excluding hydrogens is 613 g/mol. The smallest absolute Gasteiger partial charge is 0.283 e. The number of halogens is 2. The number of nitrogens with two attached hydrogens (primary N) is 1. The molecule has 45 heavy (non-hydrogen) atoms. The van der Waals surface area contributed by atoms with Crippen molar-refractivity contribution in [1.29, 1.82) is 0 Å². The molecule has 2 N–H and O–H groups in total. The average molecular weight is 647 g/mol. The van der Waals surface area contributed by atoms with E-state index in [1.165, 1.54) is 15.5 Å². The van der Waals surface area contributed by atoms with Crippen LogP contribution < -0.4 is 21.1 Å². The molecule has 0 radical (unpaired) electrons. The summed E-state index contributed by atoms with van der Waals surface area (Å²) in [6.45, 7) is 11.9. The van der Waals surface area contributed by atoms with Gasteiger partial charge in [0.1, 0.15) is 17.4 Å². The second kappa shape index (κ2) is 11.2. The first-order chi connectivity index (χ1) is 21.3. The lowest BCUT2D eigenvalue weighted by atomic mass is 9.98. The number of piperazine rings is 1. The van der Waals surface area contributed by atoms with E-state index >= 15 is 0 Å². The Morgan fingerprint density at radius 1 is 1.09 bits per heavy atom. The number of hydrogen-bond donors (Lipinski definition) is 1. The minimum atomic E-state index is -0.728. The van der Waals surface area contributed by atoms with Gasteiger partial charge in [-0.25, -0.2) is 4.98 Å². The molecule has 0 bridgehead atoms. The van der Waals surface area contributed by atoms with E-state index in [-0.39, 0.29) is 36.0 Å². The standard InChI is InChI=1S/C33H33Cl2N7O3/c1-7-25(43)40-15-24-32(44)39(6)30-29(41(24)14-18(40)5)21-13-23(35)27(20-12-19(36)8-9-22(20)34)38-31(21)42(33(30)45)28-17(4)10-11-37-26(28)16(2)3/h7-13,16,18,24H,1,14-15,36H2,2-6H3. The van der Waals surface area contributed by atoms with Gasteiger partial charge in [-0.15, -0.1) is 0 Å². The molecule has 2 aliphatic heterocycles. The van der Waals surface area contributed by atoms with Crippen LogP contribution in [-0.2, 0) is 9.59 Å². The first kappa shape index (κ1) is 30.6. The number of rotatable bonds is 4. The quantitative estimate of drug-likeness (QED) is 0.235. The summed E-state index contributed by atoms with van der Waals surface area (Å²) in [4.78, 5) is 56.1. The average Bonchev–Trinajstić information content (AvgIpc) is 3.00. The van der Waals surface area contributed by atoms with Gasteiger partial charge in [0.2, 0.25) is 5.91 Å². The van der Waals surface area contributed by atoms with Crippen LogP contribution in [0.4, 0.5) is 17.1 Å². The lowest BCUT2D eigenvalue weighted by Crippen LogP contribution is -2.66. The molecule has 10 nitrogen and oxygen atoms in total. The Kier molecular flexibility index (Phi) is 7.61. The number of aromatic nitrogens is 3.